The SMILES string of the molecule is FC(F)(F)CO[C]1CCCC1. The van der Waals surface area contributed by atoms with Crippen LogP contribution in [0.1, 0.15) is 25.7 Å². The quantitative estimate of drug-likeness (QED) is 0.614. The monoisotopic (exact) mass is 167 g/mol. The zero-order valence-corrected chi connectivity index (χ0v) is 6.08. The first-order valence-corrected chi connectivity index (χ1v) is 3.62. The van der Waals surface area contributed by atoms with E-state index in [2.05, 4.69) is 4.74 Å². The highest BCUT2D eigenvalue weighted by molar-refractivity contribution is 4.84. The van der Waals surface area contributed by atoms with Gasteiger partial charge in [-0.15, -0.1) is 0 Å². The summed E-state index contributed by atoms with van der Waals surface area (Å²) in [6.45, 7) is -1.12. The highest BCUT2D eigenvalue weighted by Gasteiger charge is 2.30. The molecule has 65 valence electrons. The van der Waals surface area contributed by atoms with Crippen LogP contribution in [0.4, 0.5) is 13.2 Å². The summed E-state index contributed by atoms with van der Waals surface area (Å²) in [4.78, 5) is 0. The van der Waals surface area contributed by atoms with Crippen LogP contribution in [0.25, 0.3) is 0 Å². The Kier molecular flexibility index (Phi) is 2.76. The molecule has 0 spiro atoms. The molecule has 1 rings (SSSR count). The molecule has 1 nitrogen and oxygen atoms in total. The molecule has 0 atom stereocenters. The number of alkyl halides is 3. The Labute approximate surface area is 63.5 Å². The van der Waals surface area contributed by atoms with E-state index in [0.717, 1.165) is 12.8 Å². The van der Waals surface area contributed by atoms with Crippen molar-refractivity contribution in [3.63, 3.8) is 0 Å². The molecule has 0 aromatic heterocycles. The molecule has 0 unspecified atom stereocenters. The van der Waals surface area contributed by atoms with Crippen LogP contribution in [-0.4, -0.2) is 12.8 Å². The molecular formula is C7H10F3O. The van der Waals surface area contributed by atoms with E-state index in [1.807, 2.05) is 0 Å². The van der Waals surface area contributed by atoms with Crippen molar-refractivity contribution in [3.8, 4) is 0 Å². The van der Waals surface area contributed by atoms with Gasteiger partial charge in [0.15, 0.2) is 0 Å². The molecule has 0 aliphatic heterocycles. The Morgan fingerprint density at radius 1 is 1.18 bits per heavy atom. The van der Waals surface area contributed by atoms with Crippen molar-refractivity contribution in [3.05, 3.63) is 6.10 Å². The van der Waals surface area contributed by atoms with Gasteiger partial charge < -0.3 is 4.74 Å². The van der Waals surface area contributed by atoms with Crippen LogP contribution < -0.4 is 0 Å². The van der Waals surface area contributed by atoms with E-state index in [1.165, 1.54) is 0 Å². The van der Waals surface area contributed by atoms with E-state index in [0.29, 0.717) is 18.9 Å². The smallest absolute Gasteiger partial charge is 0.363 e. The third-order valence-corrected chi connectivity index (χ3v) is 1.60. The van der Waals surface area contributed by atoms with E-state index >= 15 is 0 Å². The minimum atomic E-state index is -4.18. The van der Waals surface area contributed by atoms with Crippen molar-refractivity contribution in [1.29, 1.82) is 0 Å². The van der Waals surface area contributed by atoms with Crippen LogP contribution in [-0.2, 0) is 4.74 Å². The summed E-state index contributed by atoms with van der Waals surface area (Å²) in [6, 6.07) is 0. The van der Waals surface area contributed by atoms with Gasteiger partial charge in [0.05, 0.1) is 6.10 Å². The van der Waals surface area contributed by atoms with Gasteiger partial charge in [0.25, 0.3) is 0 Å². The molecule has 0 saturated heterocycles. The van der Waals surface area contributed by atoms with Gasteiger partial charge in [0, 0.05) is 0 Å². The summed E-state index contributed by atoms with van der Waals surface area (Å²) in [6.07, 6.45) is -0.232. The van der Waals surface area contributed by atoms with Gasteiger partial charge in [0.2, 0.25) is 0 Å². The van der Waals surface area contributed by atoms with Crippen molar-refractivity contribution in [2.45, 2.75) is 31.9 Å². The first-order valence-electron chi connectivity index (χ1n) is 3.62. The molecule has 0 aromatic carbocycles. The van der Waals surface area contributed by atoms with Crippen LogP contribution in [0.5, 0.6) is 0 Å². The molecule has 1 aliphatic rings. The fraction of sp³-hybridized carbons (Fsp3) is 0.857. The maximum absolute atomic E-state index is 11.6. The molecular weight excluding hydrogens is 157 g/mol. The minimum Gasteiger partial charge on any atom is -0.363 e. The fourth-order valence-electron chi connectivity index (χ4n) is 1.10. The number of ether oxygens (including phenoxy) is 1. The zero-order valence-electron chi connectivity index (χ0n) is 6.08. The van der Waals surface area contributed by atoms with Crippen molar-refractivity contribution in [2.24, 2.45) is 0 Å². The fourth-order valence-corrected chi connectivity index (χ4v) is 1.10. The highest BCUT2D eigenvalue weighted by Crippen LogP contribution is 2.29. The Morgan fingerprint density at radius 3 is 2.18 bits per heavy atom. The summed E-state index contributed by atoms with van der Waals surface area (Å²) in [7, 11) is 0. The number of rotatable bonds is 2. The first kappa shape index (κ1) is 8.84. The molecule has 1 fully saturated rings. The largest absolute Gasteiger partial charge is 0.411 e. The Hall–Kier alpha value is -0.250. The number of halogens is 3. The predicted molar refractivity (Wildman–Crippen MR) is 33.7 cm³/mol. The van der Waals surface area contributed by atoms with Gasteiger partial charge in [-0.25, -0.2) is 0 Å². The molecule has 0 bridgehead atoms. The molecule has 1 saturated carbocycles. The molecule has 0 heterocycles. The average molecular weight is 167 g/mol. The average Bonchev–Trinajstić information content (AvgIpc) is 2.32. The lowest BCUT2D eigenvalue weighted by Gasteiger charge is -2.11. The van der Waals surface area contributed by atoms with Gasteiger partial charge in [0.1, 0.15) is 6.61 Å². The molecule has 1 radical (unpaired) electrons. The molecule has 0 aromatic rings. The highest BCUT2D eigenvalue weighted by atomic mass is 19.4. The van der Waals surface area contributed by atoms with Crippen LogP contribution in [0.2, 0.25) is 0 Å². The van der Waals surface area contributed by atoms with E-state index < -0.39 is 12.8 Å². The summed E-state index contributed by atoms with van der Waals surface area (Å²) in [5.74, 6) is 0. The molecule has 0 N–H and O–H groups in total. The van der Waals surface area contributed by atoms with Gasteiger partial charge >= 0.3 is 6.18 Å². The predicted octanol–water partition coefficient (Wildman–Crippen LogP) is 2.67. The normalized spacial score (nSPS) is 21.0. The first-order chi connectivity index (χ1) is 5.08. The summed E-state index contributed by atoms with van der Waals surface area (Å²) >= 11 is 0. The maximum atomic E-state index is 11.6. The van der Waals surface area contributed by atoms with E-state index in [4.69, 9.17) is 0 Å². The third kappa shape index (κ3) is 3.60. The number of hydrogen-bond donors (Lipinski definition) is 0. The Morgan fingerprint density at radius 2 is 1.73 bits per heavy atom. The zero-order chi connectivity index (χ0) is 8.32. The lowest BCUT2D eigenvalue weighted by molar-refractivity contribution is -0.172. The summed E-state index contributed by atoms with van der Waals surface area (Å²) in [5, 5.41) is 0. The lowest BCUT2D eigenvalue weighted by atomic mass is 10.3. The summed E-state index contributed by atoms with van der Waals surface area (Å²) in [5.41, 5.74) is 0. The van der Waals surface area contributed by atoms with Gasteiger partial charge in [-0.2, -0.15) is 13.2 Å². The Bertz CT molecular complexity index is 115. The standard InChI is InChI=1S/C7H10F3O/c8-7(9,10)5-11-6-3-1-2-4-6/h1-5H2. The van der Waals surface area contributed by atoms with E-state index in [1.54, 1.807) is 0 Å². The maximum Gasteiger partial charge on any atom is 0.411 e. The molecule has 1 aliphatic carbocycles. The second-order valence-electron chi connectivity index (χ2n) is 2.65. The molecule has 11 heavy (non-hydrogen) atoms. The second-order valence-corrected chi connectivity index (χ2v) is 2.65. The molecule has 4 heteroatoms. The van der Waals surface area contributed by atoms with Crippen molar-refractivity contribution in [1.82, 2.24) is 0 Å². The summed E-state index contributed by atoms with van der Waals surface area (Å²) < 4.78 is 39.3. The minimum absolute atomic E-state index is 0.613. The van der Waals surface area contributed by atoms with E-state index in [-0.39, 0.29) is 0 Å². The van der Waals surface area contributed by atoms with Crippen molar-refractivity contribution >= 4 is 0 Å². The Balaban J connectivity index is 2.11. The molecule has 0 amide bonds. The van der Waals surface area contributed by atoms with Gasteiger partial charge in [-0.1, -0.05) is 12.8 Å². The van der Waals surface area contributed by atoms with Gasteiger partial charge in [-0.05, 0) is 12.8 Å². The van der Waals surface area contributed by atoms with Crippen molar-refractivity contribution in [2.75, 3.05) is 6.61 Å². The second kappa shape index (κ2) is 3.43. The number of hydrogen-bond acceptors (Lipinski definition) is 1. The van der Waals surface area contributed by atoms with Crippen molar-refractivity contribution < 1.29 is 17.9 Å². The topological polar surface area (TPSA) is 9.23 Å². The van der Waals surface area contributed by atoms with Crippen LogP contribution >= 0.6 is 0 Å². The van der Waals surface area contributed by atoms with Gasteiger partial charge in [-0.3, -0.25) is 0 Å². The van der Waals surface area contributed by atoms with Crippen LogP contribution in [0.3, 0.4) is 0 Å². The van der Waals surface area contributed by atoms with Crippen LogP contribution in [0, 0.1) is 6.10 Å². The van der Waals surface area contributed by atoms with Crippen LogP contribution in [0.15, 0.2) is 0 Å². The van der Waals surface area contributed by atoms with E-state index in [9.17, 15) is 13.2 Å². The third-order valence-electron chi connectivity index (χ3n) is 1.60. The lowest BCUT2D eigenvalue weighted by Crippen LogP contribution is -2.18.